The normalized spacial score (nSPS) is 28.4. The van der Waals surface area contributed by atoms with Crippen molar-refractivity contribution in [3.05, 3.63) is 39.9 Å². The van der Waals surface area contributed by atoms with Crippen molar-refractivity contribution >= 4 is 34.9 Å². The van der Waals surface area contributed by atoms with Crippen molar-refractivity contribution < 1.29 is 9.90 Å². The lowest BCUT2D eigenvalue weighted by molar-refractivity contribution is -0.139. The number of anilines is 1. The number of hydrogen-bond acceptors (Lipinski definition) is 2. The molecule has 3 nitrogen and oxygen atoms in total. The van der Waals surface area contributed by atoms with Gasteiger partial charge in [-0.1, -0.05) is 41.4 Å². The number of hydrogen-bond donors (Lipinski definition) is 2. The van der Waals surface area contributed by atoms with E-state index in [9.17, 15) is 9.90 Å². The molecule has 0 fully saturated rings. The van der Waals surface area contributed by atoms with Crippen LogP contribution < -0.4 is 5.32 Å². The van der Waals surface area contributed by atoms with Crippen LogP contribution >= 0.6 is 23.2 Å². The minimum Gasteiger partial charge on any atom is -0.480 e. The second-order valence-corrected chi connectivity index (χ2v) is 5.42. The molecule has 1 aliphatic heterocycles. The highest BCUT2D eigenvalue weighted by Gasteiger charge is 2.41. The van der Waals surface area contributed by atoms with Crippen LogP contribution in [0.15, 0.2) is 24.3 Å². The molecular formula is C13H11Cl2NO2. The van der Waals surface area contributed by atoms with E-state index in [1.807, 2.05) is 12.1 Å². The Balaban J connectivity index is 2.14. The lowest BCUT2D eigenvalue weighted by Gasteiger charge is -2.35. The van der Waals surface area contributed by atoms with E-state index < -0.39 is 12.0 Å². The number of benzene rings is 1. The van der Waals surface area contributed by atoms with Gasteiger partial charge >= 0.3 is 5.97 Å². The lowest BCUT2D eigenvalue weighted by Crippen LogP contribution is -2.41. The Morgan fingerprint density at radius 1 is 1.39 bits per heavy atom. The molecule has 1 aliphatic carbocycles. The number of rotatable bonds is 1. The van der Waals surface area contributed by atoms with Gasteiger partial charge in [0.2, 0.25) is 0 Å². The summed E-state index contributed by atoms with van der Waals surface area (Å²) in [5, 5.41) is 13.2. The molecule has 1 aromatic rings. The summed E-state index contributed by atoms with van der Waals surface area (Å²) in [6.07, 6.45) is 4.86. The van der Waals surface area contributed by atoms with Gasteiger partial charge in [0.05, 0.1) is 15.7 Å². The molecule has 1 heterocycles. The lowest BCUT2D eigenvalue weighted by atomic mass is 9.79. The molecule has 2 aliphatic rings. The predicted molar refractivity (Wildman–Crippen MR) is 71.5 cm³/mol. The minimum absolute atomic E-state index is 0.0484. The number of aliphatic carboxylic acids is 1. The van der Waals surface area contributed by atoms with E-state index in [4.69, 9.17) is 23.2 Å². The first-order valence-electron chi connectivity index (χ1n) is 5.73. The van der Waals surface area contributed by atoms with Gasteiger partial charge in [0.25, 0.3) is 0 Å². The van der Waals surface area contributed by atoms with Gasteiger partial charge in [0, 0.05) is 11.8 Å². The molecule has 0 bridgehead atoms. The zero-order chi connectivity index (χ0) is 12.9. The Kier molecular flexibility index (Phi) is 2.76. The molecule has 0 amide bonds. The van der Waals surface area contributed by atoms with Crippen molar-refractivity contribution in [1.29, 1.82) is 0 Å². The van der Waals surface area contributed by atoms with E-state index in [0.717, 1.165) is 12.0 Å². The number of carboxylic acids is 1. The minimum atomic E-state index is -0.851. The zero-order valence-corrected chi connectivity index (χ0v) is 10.9. The van der Waals surface area contributed by atoms with Crippen LogP contribution in [0.2, 0.25) is 10.0 Å². The Morgan fingerprint density at radius 3 is 2.89 bits per heavy atom. The molecule has 3 rings (SSSR count). The topological polar surface area (TPSA) is 49.3 Å². The quantitative estimate of drug-likeness (QED) is 0.775. The van der Waals surface area contributed by atoms with Gasteiger partial charge in [-0.25, -0.2) is 4.79 Å². The standard InChI is InChI=1S/C13H11Cl2NO2/c14-9-5-4-8-6-2-1-3-7(6)12(13(17)18)16-11(8)10(9)15/h1-2,4-7,12,16H,3H2,(H,17,18)/t6-,7+,12-/m1/s1. The predicted octanol–water partition coefficient (Wildman–Crippen LogP) is 3.53. The molecule has 0 unspecified atom stereocenters. The summed E-state index contributed by atoms with van der Waals surface area (Å²) in [4.78, 5) is 11.3. The first kappa shape index (κ1) is 11.9. The summed E-state index contributed by atoms with van der Waals surface area (Å²) in [5.41, 5.74) is 1.69. The molecule has 5 heteroatoms. The summed E-state index contributed by atoms with van der Waals surface area (Å²) in [5.74, 6) is -0.695. The van der Waals surface area contributed by atoms with E-state index in [1.165, 1.54) is 0 Å². The smallest absolute Gasteiger partial charge is 0.326 e. The Labute approximate surface area is 114 Å². The summed E-state index contributed by atoms with van der Waals surface area (Å²) in [6, 6.07) is 3.06. The molecule has 0 aromatic heterocycles. The third kappa shape index (κ3) is 1.62. The van der Waals surface area contributed by atoms with Gasteiger partial charge in [0.15, 0.2) is 0 Å². The summed E-state index contributed by atoms with van der Waals surface area (Å²) in [7, 11) is 0. The van der Waals surface area contributed by atoms with Crippen LogP contribution in [0.1, 0.15) is 17.9 Å². The van der Waals surface area contributed by atoms with Crippen molar-refractivity contribution in [2.45, 2.75) is 18.4 Å². The van der Waals surface area contributed by atoms with E-state index in [2.05, 4.69) is 11.4 Å². The monoisotopic (exact) mass is 283 g/mol. The average molecular weight is 284 g/mol. The van der Waals surface area contributed by atoms with Gasteiger partial charge in [-0.2, -0.15) is 0 Å². The van der Waals surface area contributed by atoms with Crippen molar-refractivity contribution in [2.24, 2.45) is 5.92 Å². The average Bonchev–Trinajstić information content (AvgIpc) is 2.81. The second-order valence-electron chi connectivity index (χ2n) is 4.64. The largest absolute Gasteiger partial charge is 0.480 e. The molecule has 18 heavy (non-hydrogen) atoms. The van der Waals surface area contributed by atoms with Crippen LogP contribution in [0.5, 0.6) is 0 Å². The molecule has 1 aromatic carbocycles. The first-order valence-corrected chi connectivity index (χ1v) is 6.49. The molecular weight excluding hydrogens is 273 g/mol. The van der Waals surface area contributed by atoms with Gasteiger partial charge < -0.3 is 10.4 Å². The van der Waals surface area contributed by atoms with Crippen LogP contribution in [0.3, 0.4) is 0 Å². The number of fused-ring (bicyclic) bond motifs is 3. The maximum absolute atomic E-state index is 11.3. The number of nitrogens with one attached hydrogen (secondary N) is 1. The van der Waals surface area contributed by atoms with Crippen LogP contribution in [-0.2, 0) is 4.79 Å². The Hall–Kier alpha value is -1.19. The molecule has 0 saturated carbocycles. The number of carbonyl (C=O) groups is 1. The summed E-state index contributed by atoms with van der Waals surface area (Å²) >= 11 is 12.1. The van der Waals surface area contributed by atoms with Gasteiger partial charge in [0.1, 0.15) is 6.04 Å². The SMILES string of the molecule is O=C(O)[C@@H]1Nc2c(ccc(Cl)c2Cl)[C@@H]2C=CC[C@H]12. The van der Waals surface area contributed by atoms with Crippen LogP contribution in [0.25, 0.3) is 0 Å². The summed E-state index contributed by atoms with van der Waals surface area (Å²) in [6.45, 7) is 0. The van der Waals surface area contributed by atoms with E-state index in [0.29, 0.717) is 15.7 Å². The van der Waals surface area contributed by atoms with Crippen LogP contribution in [-0.4, -0.2) is 17.1 Å². The third-order valence-corrected chi connectivity index (χ3v) is 4.50. The van der Waals surface area contributed by atoms with Gasteiger partial charge in [-0.3, -0.25) is 0 Å². The highest BCUT2D eigenvalue weighted by atomic mass is 35.5. The molecule has 0 spiro atoms. The maximum Gasteiger partial charge on any atom is 0.326 e. The molecule has 3 atom stereocenters. The molecule has 94 valence electrons. The van der Waals surface area contributed by atoms with E-state index in [1.54, 1.807) is 6.07 Å². The fraction of sp³-hybridized carbons (Fsp3) is 0.308. The van der Waals surface area contributed by atoms with Crippen LogP contribution in [0, 0.1) is 5.92 Å². The Bertz CT molecular complexity index is 556. The highest BCUT2D eigenvalue weighted by Crippen LogP contribution is 2.48. The van der Waals surface area contributed by atoms with Crippen molar-refractivity contribution in [2.75, 3.05) is 5.32 Å². The molecule has 0 radical (unpaired) electrons. The van der Waals surface area contributed by atoms with Crippen molar-refractivity contribution in [3.63, 3.8) is 0 Å². The van der Waals surface area contributed by atoms with E-state index >= 15 is 0 Å². The first-order chi connectivity index (χ1) is 8.59. The fourth-order valence-electron chi connectivity index (χ4n) is 2.85. The second kappa shape index (κ2) is 4.18. The number of carboxylic acid groups (broad SMARTS) is 1. The fourth-order valence-corrected chi connectivity index (χ4v) is 3.23. The van der Waals surface area contributed by atoms with E-state index in [-0.39, 0.29) is 11.8 Å². The van der Waals surface area contributed by atoms with Crippen LogP contribution in [0.4, 0.5) is 5.69 Å². The summed E-state index contributed by atoms with van der Waals surface area (Å²) < 4.78 is 0. The molecule has 0 saturated heterocycles. The van der Waals surface area contributed by atoms with Gasteiger partial charge in [-0.05, 0) is 18.1 Å². The third-order valence-electron chi connectivity index (χ3n) is 3.69. The Morgan fingerprint density at radius 2 is 2.17 bits per heavy atom. The number of halogens is 2. The maximum atomic E-state index is 11.3. The number of allylic oxidation sites excluding steroid dienone is 2. The molecule has 2 N–H and O–H groups in total. The van der Waals surface area contributed by atoms with Crippen molar-refractivity contribution in [3.8, 4) is 0 Å². The zero-order valence-electron chi connectivity index (χ0n) is 9.36. The van der Waals surface area contributed by atoms with Crippen molar-refractivity contribution in [1.82, 2.24) is 0 Å². The van der Waals surface area contributed by atoms with Gasteiger partial charge in [-0.15, -0.1) is 0 Å². The highest BCUT2D eigenvalue weighted by molar-refractivity contribution is 6.43.